The number of allylic oxidation sites excluding steroid dienone is 1. The van der Waals surface area contributed by atoms with E-state index < -0.39 is 0 Å². The van der Waals surface area contributed by atoms with Crippen molar-refractivity contribution in [2.24, 2.45) is 0 Å². The Morgan fingerprint density at radius 2 is 2.36 bits per heavy atom. The summed E-state index contributed by atoms with van der Waals surface area (Å²) in [5.41, 5.74) is 0.564. The number of ketones is 1. The summed E-state index contributed by atoms with van der Waals surface area (Å²) in [5.74, 6) is -0.00407. The lowest BCUT2D eigenvalue weighted by Gasteiger charge is -1.90. The second kappa shape index (κ2) is 2.96. The molecule has 0 fully saturated rings. The van der Waals surface area contributed by atoms with Crippen molar-refractivity contribution in [1.82, 2.24) is 4.98 Å². The third-order valence-electron chi connectivity index (χ3n) is 1.23. The predicted molar refractivity (Wildman–Crippen MR) is 46.0 cm³/mol. The van der Waals surface area contributed by atoms with Crippen LogP contribution in [0.25, 0.3) is 0 Å². The van der Waals surface area contributed by atoms with Crippen LogP contribution >= 0.6 is 11.3 Å². The number of thiazole rings is 1. The van der Waals surface area contributed by atoms with Gasteiger partial charge in [0, 0.05) is 6.20 Å². The number of hydrogen-bond acceptors (Lipinski definition) is 3. The van der Waals surface area contributed by atoms with Crippen molar-refractivity contribution in [2.75, 3.05) is 0 Å². The SMILES string of the molecule is C=C(C)C(=O)c1cnc(C)s1. The van der Waals surface area contributed by atoms with E-state index in [1.807, 2.05) is 6.92 Å². The van der Waals surface area contributed by atoms with E-state index in [4.69, 9.17) is 0 Å². The number of Topliss-reactive ketones (excluding diaryl/α,β-unsaturated/α-hetero) is 1. The van der Waals surface area contributed by atoms with Crippen LogP contribution in [-0.2, 0) is 0 Å². The van der Waals surface area contributed by atoms with Gasteiger partial charge >= 0.3 is 0 Å². The Morgan fingerprint density at radius 3 is 2.73 bits per heavy atom. The van der Waals surface area contributed by atoms with Crippen molar-refractivity contribution in [3.63, 3.8) is 0 Å². The fourth-order valence-corrected chi connectivity index (χ4v) is 1.47. The Hall–Kier alpha value is -0.960. The molecule has 0 amide bonds. The molecule has 1 aromatic heterocycles. The third-order valence-corrected chi connectivity index (χ3v) is 2.14. The van der Waals surface area contributed by atoms with Gasteiger partial charge in [-0.25, -0.2) is 4.98 Å². The minimum atomic E-state index is -0.00407. The number of carbonyl (C=O) groups is 1. The van der Waals surface area contributed by atoms with E-state index in [2.05, 4.69) is 11.6 Å². The molecule has 0 radical (unpaired) electrons. The zero-order chi connectivity index (χ0) is 8.43. The fraction of sp³-hybridized carbons (Fsp3) is 0.250. The molecule has 0 unspecified atom stereocenters. The van der Waals surface area contributed by atoms with Crippen molar-refractivity contribution >= 4 is 17.1 Å². The van der Waals surface area contributed by atoms with Crippen LogP contribution in [-0.4, -0.2) is 10.8 Å². The largest absolute Gasteiger partial charge is 0.288 e. The quantitative estimate of drug-likeness (QED) is 0.499. The van der Waals surface area contributed by atoms with Crippen LogP contribution in [0, 0.1) is 6.92 Å². The summed E-state index contributed by atoms with van der Waals surface area (Å²) < 4.78 is 0. The van der Waals surface area contributed by atoms with E-state index in [-0.39, 0.29) is 5.78 Å². The Kier molecular flexibility index (Phi) is 2.19. The maximum absolute atomic E-state index is 11.2. The highest BCUT2D eigenvalue weighted by Crippen LogP contribution is 2.14. The molecule has 1 aromatic rings. The molecule has 0 saturated heterocycles. The van der Waals surface area contributed by atoms with Crippen LogP contribution in [0.1, 0.15) is 21.6 Å². The molecule has 3 heteroatoms. The lowest BCUT2D eigenvalue weighted by atomic mass is 10.2. The van der Waals surface area contributed by atoms with Crippen molar-refractivity contribution < 1.29 is 4.79 Å². The summed E-state index contributed by atoms with van der Waals surface area (Å²) in [6, 6.07) is 0. The summed E-state index contributed by atoms with van der Waals surface area (Å²) in [5, 5.41) is 0.912. The van der Waals surface area contributed by atoms with Gasteiger partial charge in [-0.05, 0) is 19.4 Å². The third kappa shape index (κ3) is 1.74. The maximum Gasteiger partial charge on any atom is 0.199 e. The lowest BCUT2D eigenvalue weighted by Crippen LogP contribution is -1.94. The van der Waals surface area contributed by atoms with E-state index in [1.165, 1.54) is 11.3 Å². The molecule has 0 bridgehead atoms. The standard InChI is InChI=1S/C8H9NOS/c1-5(2)8(10)7-4-9-6(3)11-7/h4H,1H2,2-3H3. The van der Waals surface area contributed by atoms with Crippen LogP contribution in [0.5, 0.6) is 0 Å². The second-order valence-electron chi connectivity index (χ2n) is 2.35. The molecule has 0 aromatic carbocycles. The molecule has 0 spiro atoms. The van der Waals surface area contributed by atoms with Crippen LogP contribution in [0.4, 0.5) is 0 Å². The van der Waals surface area contributed by atoms with Crippen LogP contribution in [0.3, 0.4) is 0 Å². The van der Waals surface area contributed by atoms with E-state index >= 15 is 0 Å². The Labute approximate surface area is 69.6 Å². The Balaban J connectivity index is 2.94. The molecule has 58 valence electrons. The smallest absolute Gasteiger partial charge is 0.199 e. The first-order valence-corrected chi connectivity index (χ1v) is 4.05. The molecule has 11 heavy (non-hydrogen) atoms. The van der Waals surface area contributed by atoms with Crippen molar-refractivity contribution in [1.29, 1.82) is 0 Å². The van der Waals surface area contributed by atoms with Gasteiger partial charge in [0.1, 0.15) is 0 Å². The predicted octanol–water partition coefficient (Wildman–Crippen LogP) is 2.21. The van der Waals surface area contributed by atoms with Gasteiger partial charge in [-0.2, -0.15) is 0 Å². The average Bonchev–Trinajstić information content (AvgIpc) is 2.34. The molecular formula is C8H9NOS. The minimum Gasteiger partial charge on any atom is -0.288 e. The number of carbonyl (C=O) groups excluding carboxylic acids is 1. The van der Waals surface area contributed by atoms with Crippen LogP contribution < -0.4 is 0 Å². The summed E-state index contributed by atoms with van der Waals surface area (Å²) in [6.45, 7) is 7.15. The molecule has 0 N–H and O–H groups in total. The van der Waals surface area contributed by atoms with E-state index in [9.17, 15) is 4.79 Å². The van der Waals surface area contributed by atoms with Crippen molar-refractivity contribution in [3.05, 3.63) is 28.2 Å². The molecule has 1 rings (SSSR count). The van der Waals surface area contributed by atoms with E-state index in [0.717, 1.165) is 5.01 Å². The van der Waals surface area contributed by atoms with Gasteiger partial charge in [0.2, 0.25) is 0 Å². The number of aromatic nitrogens is 1. The van der Waals surface area contributed by atoms with Gasteiger partial charge in [0.15, 0.2) is 5.78 Å². The molecule has 0 aliphatic carbocycles. The minimum absolute atomic E-state index is 0.00407. The summed E-state index contributed by atoms with van der Waals surface area (Å²) in [7, 11) is 0. The number of aryl methyl sites for hydroxylation is 1. The number of hydrogen-bond donors (Lipinski definition) is 0. The molecule has 0 atom stereocenters. The number of nitrogens with zero attached hydrogens (tertiary/aromatic N) is 1. The Morgan fingerprint density at radius 1 is 1.73 bits per heavy atom. The Bertz CT molecular complexity index is 301. The second-order valence-corrected chi connectivity index (χ2v) is 3.59. The first-order chi connectivity index (χ1) is 5.11. The molecule has 1 heterocycles. The normalized spacial score (nSPS) is 9.64. The summed E-state index contributed by atoms with van der Waals surface area (Å²) in [6.07, 6.45) is 1.59. The zero-order valence-electron chi connectivity index (χ0n) is 6.55. The molecule has 0 saturated carbocycles. The summed E-state index contributed by atoms with van der Waals surface area (Å²) >= 11 is 1.40. The highest BCUT2D eigenvalue weighted by Gasteiger charge is 2.08. The molecule has 2 nitrogen and oxygen atoms in total. The van der Waals surface area contributed by atoms with Gasteiger partial charge in [-0.3, -0.25) is 4.79 Å². The van der Waals surface area contributed by atoms with Gasteiger partial charge in [-0.1, -0.05) is 6.58 Å². The monoisotopic (exact) mass is 167 g/mol. The molecular weight excluding hydrogens is 158 g/mol. The van der Waals surface area contributed by atoms with Crippen molar-refractivity contribution in [2.45, 2.75) is 13.8 Å². The van der Waals surface area contributed by atoms with Gasteiger partial charge in [0.25, 0.3) is 0 Å². The average molecular weight is 167 g/mol. The fourth-order valence-electron chi connectivity index (χ4n) is 0.677. The first kappa shape index (κ1) is 8.14. The first-order valence-electron chi connectivity index (χ1n) is 3.24. The molecule has 0 aliphatic rings. The summed E-state index contributed by atoms with van der Waals surface area (Å²) in [4.78, 5) is 15.9. The molecule has 0 aliphatic heterocycles. The topological polar surface area (TPSA) is 30.0 Å². The van der Waals surface area contributed by atoms with Gasteiger partial charge < -0.3 is 0 Å². The highest BCUT2D eigenvalue weighted by atomic mass is 32.1. The van der Waals surface area contributed by atoms with Crippen LogP contribution in [0.2, 0.25) is 0 Å². The van der Waals surface area contributed by atoms with Crippen LogP contribution in [0.15, 0.2) is 18.3 Å². The lowest BCUT2D eigenvalue weighted by molar-refractivity contribution is 0.103. The maximum atomic E-state index is 11.2. The number of rotatable bonds is 2. The zero-order valence-corrected chi connectivity index (χ0v) is 7.36. The van der Waals surface area contributed by atoms with E-state index in [1.54, 1.807) is 13.1 Å². The van der Waals surface area contributed by atoms with Gasteiger partial charge in [-0.15, -0.1) is 11.3 Å². The van der Waals surface area contributed by atoms with Gasteiger partial charge in [0.05, 0.1) is 9.88 Å². The highest BCUT2D eigenvalue weighted by molar-refractivity contribution is 7.13. The van der Waals surface area contributed by atoms with E-state index in [0.29, 0.717) is 10.5 Å². The van der Waals surface area contributed by atoms with Crippen molar-refractivity contribution in [3.8, 4) is 0 Å².